The first-order valence-electron chi connectivity index (χ1n) is 8.96. The molecular formula is C20H22N2O5. The first-order chi connectivity index (χ1) is 13.0. The monoisotopic (exact) mass is 370 g/mol. The second-order valence-electron chi connectivity index (χ2n) is 6.68. The molecule has 7 nitrogen and oxygen atoms in total. The lowest BCUT2D eigenvalue weighted by Crippen LogP contribution is -2.34. The molecule has 1 heterocycles. The van der Waals surface area contributed by atoms with E-state index in [-0.39, 0.29) is 49.1 Å². The fraction of sp³-hybridized carbons (Fsp3) is 0.400. The van der Waals surface area contributed by atoms with Crippen LogP contribution in [-0.2, 0) is 23.9 Å². The molecule has 1 aromatic rings. The number of allylic oxidation sites excluding steroid dienone is 2. The highest BCUT2D eigenvalue weighted by Gasteiger charge is 2.46. The Hall–Kier alpha value is -2.96. The Morgan fingerprint density at radius 2 is 1.67 bits per heavy atom. The third-order valence-corrected chi connectivity index (χ3v) is 5.01. The minimum atomic E-state index is -0.613. The van der Waals surface area contributed by atoms with Crippen LogP contribution in [0.2, 0.25) is 0 Å². The molecule has 3 rings (SSSR count). The van der Waals surface area contributed by atoms with Gasteiger partial charge in [0.1, 0.15) is 0 Å². The highest BCUT2D eigenvalue weighted by molar-refractivity contribution is 6.05. The van der Waals surface area contributed by atoms with Crippen LogP contribution in [0.5, 0.6) is 0 Å². The number of fused-ring (bicyclic) bond motifs is 1. The molecule has 0 N–H and O–H groups in total. The standard InChI is InChI=1S/C20H22N2O5/c1-21(14-7-3-2-4-8-14)17(23)13-27-18(24)11-12-22-19(25)15-9-5-6-10-16(15)20(22)26/h2-8,15-16H,9-13H2,1H3/t15-,16-/m1/s1. The van der Waals surface area contributed by atoms with Crippen LogP contribution in [0.3, 0.4) is 0 Å². The number of para-hydroxylation sites is 1. The molecule has 1 aliphatic carbocycles. The Bertz CT molecular complexity index is 748. The van der Waals surface area contributed by atoms with Crippen LogP contribution in [0.25, 0.3) is 0 Å². The molecule has 142 valence electrons. The van der Waals surface area contributed by atoms with Crippen molar-refractivity contribution in [1.29, 1.82) is 0 Å². The first kappa shape index (κ1) is 18.8. The van der Waals surface area contributed by atoms with Gasteiger partial charge in [-0.1, -0.05) is 30.4 Å². The molecule has 0 aromatic heterocycles. The van der Waals surface area contributed by atoms with E-state index >= 15 is 0 Å². The zero-order chi connectivity index (χ0) is 19.4. The average Bonchev–Trinajstić information content (AvgIpc) is 2.95. The van der Waals surface area contributed by atoms with Crippen molar-refractivity contribution in [2.24, 2.45) is 11.8 Å². The molecule has 1 saturated heterocycles. The summed E-state index contributed by atoms with van der Waals surface area (Å²) in [5, 5.41) is 0. The van der Waals surface area contributed by atoms with Crippen LogP contribution >= 0.6 is 0 Å². The second-order valence-corrected chi connectivity index (χ2v) is 6.68. The topological polar surface area (TPSA) is 84.0 Å². The first-order valence-corrected chi connectivity index (χ1v) is 8.96. The van der Waals surface area contributed by atoms with Crippen molar-refractivity contribution in [3.8, 4) is 0 Å². The number of benzene rings is 1. The number of imide groups is 1. The predicted molar refractivity (Wildman–Crippen MR) is 97.5 cm³/mol. The molecule has 1 aromatic carbocycles. The van der Waals surface area contributed by atoms with Crippen molar-refractivity contribution in [3.63, 3.8) is 0 Å². The highest BCUT2D eigenvalue weighted by atomic mass is 16.5. The Kier molecular flexibility index (Phi) is 5.69. The third kappa shape index (κ3) is 4.07. The van der Waals surface area contributed by atoms with Crippen LogP contribution in [0, 0.1) is 11.8 Å². The minimum Gasteiger partial charge on any atom is -0.455 e. The van der Waals surface area contributed by atoms with E-state index in [1.165, 1.54) is 4.90 Å². The summed E-state index contributed by atoms with van der Waals surface area (Å²) < 4.78 is 5.00. The van der Waals surface area contributed by atoms with E-state index < -0.39 is 5.97 Å². The van der Waals surface area contributed by atoms with E-state index in [9.17, 15) is 19.2 Å². The summed E-state index contributed by atoms with van der Waals surface area (Å²) in [6.07, 6.45) is 4.84. The van der Waals surface area contributed by atoms with Gasteiger partial charge < -0.3 is 9.64 Å². The van der Waals surface area contributed by atoms with Gasteiger partial charge in [0.25, 0.3) is 5.91 Å². The molecule has 2 atom stereocenters. The van der Waals surface area contributed by atoms with Gasteiger partial charge in [-0.2, -0.15) is 0 Å². The van der Waals surface area contributed by atoms with Crippen LogP contribution in [-0.4, -0.2) is 48.8 Å². The van der Waals surface area contributed by atoms with Crippen molar-refractivity contribution in [3.05, 3.63) is 42.5 Å². The van der Waals surface area contributed by atoms with Gasteiger partial charge in [-0.15, -0.1) is 0 Å². The number of carbonyl (C=O) groups is 4. The zero-order valence-corrected chi connectivity index (χ0v) is 15.2. The fourth-order valence-electron chi connectivity index (χ4n) is 3.40. The van der Waals surface area contributed by atoms with Gasteiger partial charge in [0.05, 0.1) is 18.3 Å². The van der Waals surface area contributed by atoms with E-state index in [4.69, 9.17) is 4.74 Å². The third-order valence-electron chi connectivity index (χ3n) is 5.01. The molecule has 0 unspecified atom stereocenters. The maximum atomic E-state index is 12.3. The molecule has 1 aliphatic heterocycles. The number of nitrogens with zero attached hydrogens (tertiary/aromatic N) is 2. The number of likely N-dealkylation sites (N-methyl/N-ethyl adjacent to an activating group) is 1. The summed E-state index contributed by atoms with van der Waals surface area (Å²) in [5.41, 5.74) is 0.697. The predicted octanol–water partition coefficient (Wildman–Crippen LogP) is 1.53. The van der Waals surface area contributed by atoms with E-state index in [2.05, 4.69) is 0 Å². The Morgan fingerprint density at radius 1 is 1.07 bits per heavy atom. The number of likely N-dealkylation sites (tertiary alicyclic amines) is 1. The number of ether oxygens (including phenoxy) is 1. The van der Waals surface area contributed by atoms with Crippen molar-refractivity contribution < 1.29 is 23.9 Å². The van der Waals surface area contributed by atoms with Gasteiger partial charge in [0, 0.05) is 19.3 Å². The molecule has 0 radical (unpaired) electrons. The van der Waals surface area contributed by atoms with Crippen LogP contribution < -0.4 is 4.90 Å². The number of rotatable bonds is 6. The van der Waals surface area contributed by atoms with Gasteiger partial charge >= 0.3 is 5.97 Å². The Labute approximate surface area is 157 Å². The average molecular weight is 370 g/mol. The summed E-state index contributed by atoms with van der Waals surface area (Å²) in [7, 11) is 1.60. The number of anilines is 1. The Balaban J connectivity index is 1.45. The van der Waals surface area contributed by atoms with Crippen molar-refractivity contribution in [1.82, 2.24) is 4.90 Å². The highest BCUT2D eigenvalue weighted by Crippen LogP contribution is 2.34. The molecule has 0 saturated carbocycles. The van der Waals surface area contributed by atoms with Gasteiger partial charge in [0.15, 0.2) is 6.61 Å². The number of hydrogen-bond acceptors (Lipinski definition) is 5. The number of esters is 1. The maximum absolute atomic E-state index is 12.3. The summed E-state index contributed by atoms with van der Waals surface area (Å²) >= 11 is 0. The molecule has 0 spiro atoms. The molecule has 7 heteroatoms. The minimum absolute atomic E-state index is 0.00772. The van der Waals surface area contributed by atoms with E-state index in [0.717, 1.165) is 4.90 Å². The molecule has 1 fully saturated rings. The lowest BCUT2D eigenvalue weighted by atomic mass is 9.85. The van der Waals surface area contributed by atoms with Crippen molar-refractivity contribution in [2.45, 2.75) is 19.3 Å². The number of carbonyl (C=O) groups excluding carboxylic acids is 4. The van der Waals surface area contributed by atoms with E-state index in [1.807, 2.05) is 30.4 Å². The summed E-state index contributed by atoms with van der Waals surface area (Å²) in [5.74, 6) is -2.03. The second kappa shape index (κ2) is 8.16. The quantitative estimate of drug-likeness (QED) is 0.431. The lowest BCUT2D eigenvalue weighted by molar-refractivity contribution is -0.149. The van der Waals surface area contributed by atoms with E-state index in [1.54, 1.807) is 19.2 Å². The smallest absolute Gasteiger partial charge is 0.308 e. The molecule has 27 heavy (non-hydrogen) atoms. The van der Waals surface area contributed by atoms with Gasteiger partial charge in [-0.25, -0.2) is 0 Å². The summed E-state index contributed by atoms with van der Waals surface area (Å²) in [4.78, 5) is 51.3. The summed E-state index contributed by atoms with van der Waals surface area (Å²) in [6, 6.07) is 9.01. The van der Waals surface area contributed by atoms with Gasteiger partial charge in [-0.05, 0) is 25.0 Å². The van der Waals surface area contributed by atoms with Crippen LogP contribution in [0.4, 0.5) is 5.69 Å². The van der Waals surface area contributed by atoms with Crippen molar-refractivity contribution >= 4 is 29.4 Å². The van der Waals surface area contributed by atoms with Crippen LogP contribution in [0.15, 0.2) is 42.5 Å². The maximum Gasteiger partial charge on any atom is 0.308 e. The molecular weight excluding hydrogens is 348 g/mol. The number of hydrogen-bond donors (Lipinski definition) is 0. The lowest BCUT2D eigenvalue weighted by Gasteiger charge is -2.17. The molecule has 3 amide bonds. The summed E-state index contributed by atoms with van der Waals surface area (Å²) in [6.45, 7) is -0.395. The van der Waals surface area contributed by atoms with Crippen molar-refractivity contribution in [2.75, 3.05) is 25.1 Å². The zero-order valence-electron chi connectivity index (χ0n) is 15.2. The fourth-order valence-corrected chi connectivity index (χ4v) is 3.40. The molecule has 2 aliphatic rings. The van der Waals surface area contributed by atoms with E-state index in [0.29, 0.717) is 18.5 Å². The normalized spacial score (nSPS) is 21.1. The Morgan fingerprint density at radius 3 is 2.26 bits per heavy atom. The molecule has 0 bridgehead atoms. The van der Waals surface area contributed by atoms with Gasteiger partial charge in [0.2, 0.25) is 11.8 Å². The largest absolute Gasteiger partial charge is 0.455 e. The number of amides is 3. The SMILES string of the molecule is CN(C(=O)COC(=O)CCN1C(=O)[C@@H]2CC=CC[C@H]2C1=O)c1ccccc1. The van der Waals surface area contributed by atoms with Crippen LogP contribution in [0.1, 0.15) is 19.3 Å². The van der Waals surface area contributed by atoms with Gasteiger partial charge in [-0.3, -0.25) is 24.1 Å².